The maximum Gasteiger partial charge on any atom is 1.00 e. The van der Waals surface area contributed by atoms with Gasteiger partial charge in [0, 0.05) is 5.56 Å². The summed E-state index contributed by atoms with van der Waals surface area (Å²) in [4.78, 5) is -1.71. The van der Waals surface area contributed by atoms with Gasteiger partial charge in [-0.2, -0.15) is 0 Å². The standard InChI is InChI=1S/C7H6N4O3S2.Na/c12-16(13,14)6-3-1-2-5(4-6)7(15)8-10-11-9-7;/h1-4,15H,(H,12,13,14);/q;+1/p-1. The van der Waals surface area contributed by atoms with Crippen molar-refractivity contribution in [2.75, 3.05) is 0 Å². The van der Waals surface area contributed by atoms with Gasteiger partial charge in [0.1, 0.15) is 10.1 Å². The Hall–Kier alpha value is -0.320. The van der Waals surface area contributed by atoms with Gasteiger partial charge in [-0.1, -0.05) is 12.1 Å². The Kier molecular flexibility index (Phi) is 4.44. The Balaban J connectivity index is 0.00000144. The summed E-state index contributed by atoms with van der Waals surface area (Å²) in [6, 6.07) is 5.28. The number of rotatable bonds is 2. The summed E-state index contributed by atoms with van der Waals surface area (Å²) in [5.74, 6) is 0. The van der Waals surface area contributed by atoms with E-state index in [0.29, 0.717) is 5.56 Å². The minimum absolute atomic E-state index is 0. The van der Waals surface area contributed by atoms with Crippen LogP contribution in [0.2, 0.25) is 0 Å². The molecule has 0 saturated heterocycles. The minimum atomic E-state index is -4.51. The van der Waals surface area contributed by atoms with Gasteiger partial charge in [0.05, 0.1) is 4.90 Å². The summed E-state index contributed by atoms with van der Waals surface area (Å²) in [6.07, 6.45) is 0. The predicted molar refractivity (Wildman–Crippen MR) is 54.8 cm³/mol. The molecular weight excluding hydrogens is 275 g/mol. The zero-order chi connectivity index (χ0) is 11.8. The number of nitrogens with zero attached hydrogens (tertiary/aromatic N) is 4. The van der Waals surface area contributed by atoms with Crippen LogP contribution in [0.3, 0.4) is 0 Å². The monoisotopic (exact) mass is 280 g/mol. The van der Waals surface area contributed by atoms with Crippen molar-refractivity contribution in [2.24, 2.45) is 20.7 Å². The molecule has 84 valence electrons. The van der Waals surface area contributed by atoms with Crippen LogP contribution in [0.5, 0.6) is 0 Å². The Morgan fingerprint density at radius 3 is 2.35 bits per heavy atom. The summed E-state index contributed by atoms with van der Waals surface area (Å²) < 4.78 is 32.4. The van der Waals surface area contributed by atoms with Gasteiger partial charge in [-0.15, -0.1) is 22.9 Å². The van der Waals surface area contributed by atoms with E-state index in [9.17, 15) is 13.0 Å². The second-order valence-corrected chi connectivity index (χ2v) is 5.00. The third kappa shape index (κ3) is 3.12. The molecule has 1 aromatic rings. The Labute approximate surface area is 125 Å². The van der Waals surface area contributed by atoms with Crippen LogP contribution < -0.4 is 29.6 Å². The van der Waals surface area contributed by atoms with E-state index in [4.69, 9.17) is 0 Å². The first-order chi connectivity index (χ1) is 7.42. The van der Waals surface area contributed by atoms with Crippen molar-refractivity contribution in [3.8, 4) is 0 Å². The zero-order valence-corrected chi connectivity index (χ0v) is 12.4. The summed E-state index contributed by atoms with van der Waals surface area (Å²) in [6.45, 7) is 0. The molecule has 1 aliphatic heterocycles. The molecule has 0 aliphatic carbocycles. The van der Waals surface area contributed by atoms with Gasteiger partial charge in [-0.05, 0) is 22.6 Å². The third-order valence-corrected chi connectivity index (χ3v) is 3.19. The van der Waals surface area contributed by atoms with Gasteiger partial charge in [0.25, 0.3) is 4.99 Å². The van der Waals surface area contributed by atoms with E-state index >= 15 is 0 Å². The average Bonchev–Trinajstić information content (AvgIpc) is 2.66. The molecule has 0 aromatic heterocycles. The van der Waals surface area contributed by atoms with Crippen molar-refractivity contribution in [1.82, 2.24) is 0 Å². The fourth-order valence-corrected chi connectivity index (χ4v) is 1.90. The van der Waals surface area contributed by atoms with Crippen LogP contribution in [-0.4, -0.2) is 13.0 Å². The van der Waals surface area contributed by atoms with Gasteiger partial charge in [0.15, 0.2) is 0 Å². The second-order valence-electron chi connectivity index (χ2n) is 3.00. The summed E-state index contributed by atoms with van der Waals surface area (Å²) in [5, 5.41) is 13.8. The molecule has 0 fully saturated rings. The van der Waals surface area contributed by atoms with E-state index in [1.165, 1.54) is 18.2 Å². The van der Waals surface area contributed by atoms with Crippen molar-refractivity contribution in [1.29, 1.82) is 0 Å². The van der Waals surface area contributed by atoms with Gasteiger partial charge < -0.3 is 4.55 Å². The molecule has 0 saturated carbocycles. The van der Waals surface area contributed by atoms with E-state index in [-0.39, 0.29) is 34.5 Å². The number of thiol groups is 1. The normalized spacial score (nSPS) is 16.8. The van der Waals surface area contributed by atoms with Crippen molar-refractivity contribution >= 4 is 22.7 Å². The van der Waals surface area contributed by atoms with Crippen LogP contribution >= 0.6 is 12.6 Å². The SMILES string of the molecule is O=S(=O)([O-])c1cccc(C2(S)N=NN=N2)c1.[Na+]. The molecule has 0 amide bonds. The first-order valence-electron chi connectivity index (χ1n) is 4.05. The van der Waals surface area contributed by atoms with Gasteiger partial charge >= 0.3 is 29.6 Å². The molecular formula is C7H5N4NaO3S2. The molecule has 17 heavy (non-hydrogen) atoms. The quantitative estimate of drug-likeness (QED) is 0.403. The fourth-order valence-electron chi connectivity index (χ4n) is 1.16. The molecule has 0 atom stereocenters. The largest absolute Gasteiger partial charge is 1.00 e. The van der Waals surface area contributed by atoms with Gasteiger partial charge in [0.2, 0.25) is 0 Å². The van der Waals surface area contributed by atoms with Crippen molar-refractivity contribution < 1.29 is 42.5 Å². The average molecular weight is 280 g/mol. The summed E-state index contributed by atoms with van der Waals surface area (Å²) in [5.41, 5.74) is 0.317. The van der Waals surface area contributed by atoms with Crippen LogP contribution in [0.1, 0.15) is 5.56 Å². The summed E-state index contributed by atoms with van der Waals surface area (Å²) >= 11 is 4.10. The van der Waals surface area contributed by atoms with Crippen LogP contribution in [0.15, 0.2) is 49.8 Å². The Bertz CT molecular complexity index is 575. The smallest absolute Gasteiger partial charge is 0.744 e. The predicted octanol–water partition coefficient (Wildman–Crippen LogP) is -1.53. The van der Waals surface area contributed by atoms with E-state index < -0.39 is 15.1 Å². The number of benzene rings is 1. The number of hydrogen-bond acceptors (Lipinski definition) is 8. The van der Waals surface area contributed by atoms with Crippen molar-refractivity contribution in [3.05, 3.63) is 29.8 Å². The molecule has 1 aliphatic rings. The molecule has 0 radical (unpaired) electrons. The third-order valence-electron chi connectivity index (χ3n) is 1.92. The molecule has 10 heteroatoms. The van der Waals surface area contributed by atoms with Crippen LogP contribution in [0.4, 0.5) is 0 Å². The fraction of sp³-hybridized carbons (Fsp3) is 0.143. The van der Waals surface area contributed by atoms with E-state index in [1.54, 1.807) is 0 Å². The molecule has 0 unspecified atom stereocenters. The molecule has 1 aromatic carbocycles. The van der Waals surface area contributed by atoms with Crippen molar-refractivity contribution in [2.45, 2.75) is 9.89 Å². The molecule has 7 nitrogen and oxygen atoms in total. The van der Waals surface area contributed by atoms with E-state index in [1.807, 2.05) is 0 Å². The first-order valence-corrected chi connectivity index (χ1v) is 5.90. The molecule has 2 rings (SSSR count). The maximum absolute atomic E-state index is 10.8. The second kappa shape index (κ2) is 5.12. The van der Waals surface area contributed by atoms with Crippen LogP contribution in [0, 0.1) is 0 Å². The topological polar surface area (TPSA) is 107 Å². The van der Waals surface area contributed by atoms with Crippen LogP contribution in [-0.2, 0) is 15.1 Å². The van der Waals surface area contributed by atoms with Gasteiger partial charge in [-0.3, -0.25) is 0 Å². The maximum atomic E-state index is 10.8. The first kappa shape index (κ1) is 14.7. The van der Waals surface area contributed by atoms with E-state index in [2.05, 4.69) is 33.3 Å². The Morgan fingerprint density at radius 2 is 1.82 bits per heavy atom. The molecule has 1 heterocycles. The number of hydrogen-bond donors (Lipinski definition) is 1. The minimum Gasteiger partial charge on any atom is -0.744 e. The molecule has 0 spiro atoms. The Morgan fingerprint density at radius 1 is 1.24 bits per heavy atom. The van der Waals surface area contributed by atoms with Crippen molar-refractivity contribution in [3.63, 3.8) is 0 Å². The van der Waals surface area contributed by atoms with Crippen LogP contribution in [0.25, 0.3) is 0 Å². The van der Waals surface area contributed by atoms with E-state index in [0.717, 1.165) is 6.07 Å². The van der Waals surface area contributed by atoms with Gasteiger partial charge in [-0.25, -0.2) is 8.42 Å². The molecule has 0 N–H and O–H groups in total. The molecule has 0 bridgehead atoms. The zero-order valence-electron chi connectivity index (χ0n) is 8.68. The summed E-state index contributed by atoms with van der Waals surface area (Å²) in [7, 11) is -4.51.